The second-order valence-corrected chi connectivity index (χ2v) is 5.16. The predicted molar refractivity (Wildman–Crippen MR) is 86.3 cm³/mol. The van der Waals surface area contributed by atoms with Crippen LogP contribution in [0, 0.1) is 6.92 Å². The van der Waals surface area contributed by atoms with Crippen LogP contribution >= 0.6 is 0 Å². The third kappa shape index (κ3) is 4.15. The first-order valence-electron chi connectivity index (χ1n) is 7.53. The van der Waals surface area contributed by atoms with E-state index in [0.717, 1.165) is 42.8 Å². The molecule has 0 atom stereocenters. The van der Waals surface area contributed by atoms with Gasteiger partial charge in [-0.1, -0.05) is 50.1 Å². The zero-order valence-corrected chi connectivity index (χ0v) is 12.7. The van der Waals surface area contributed by atoms with Crippen molar-refractivity contribution < 1.29 is 4.79 Å². The number of aromatic nitrogens is 1. The van der Waals surface area contributed by atoms with Gasteiger partial charge in [-0.25, -0.2) is 0 Å². The van der Waals surface area contributed by atoms with E-state index in [0.29, 0.717) is 5.56 Å². The summed E-state index contributed by atoms with van der Waals surface area (Å²) < 4.78 is 0. The quantitative estimate of drug-likeness (QED) is 0.814. The smallest absolute Gasteiger partial charge is 0.253 e. The number of nitrogens with zero attached hydrogens (tertiary/aromatic N) is 1. The van der Waals surface area contributed by atoms with Crippen LogP contribution < -0.4 is 5.32 Å². The highest BCUT2D eigenvalue weighted by Crippen LogP contribution is 2.18. The van der Waals surface area contributed by atoms with E-state index in [9.17, 15) is 4.79 Å². The van der Waals surface area contributed by atoms with Crippen molar-refractivity contribution in [1.82, 2.24) is 10.3 Å². The second kappa shape index (κ2) is 7.58. The summed E-state index contributed by atoms with van der Waals surface area (Å²) >= 11 is 0. The van der Waals surface area contributed by atoms with Crippen molar-refractivity contribution >= 4 is 5.91 Å². The van der Waals surface area contributed by atoms with E-state index in [-0.39, 0.29) is 5.91 Å². The van der Waals surface area contributed by atoms with Crippen molar-refractivity contribution in [3.05, 3.63) is 53.7 Å². The molecule has 0 saturated heterocycles. The third-order valence-corrected chi connectivity index (χ3v) is 3.47. The monoisotopic (exact) mass is 282 g/mol. The van der Waals surface area contributed by atoms with Crippen molar-refractivity contribution in [2.75, 3.05) is 6.54 Å². The van der Waals surface area contributed by atoms with E-state index >= 15 is 0 Å². The van der Waals surface area contributed by atoms with Crippen molar-refractivity contribution in [1.29, 1.82) is 0 Å². The van der Waals surface area contributed by atoms with Gasteiger partial charge >= 0.3 is 0 Å². The van der Waals surface area contributed by atoms with Crippen LogP contribution in [-0.4, -0.2) is 17.4 Å². The highest BCUT2D eigenvalue weighted by molar-refractivity contribution is 5.95. The van der Waals surface area contributed by atoms with Crippen LogP contribution in [0.5, 0.6) is 0 Å². The largest absolute Gasteiger partial charge is 0.352 e. The van der Waals surface area contributed by atoms with Gasteiger partial charge in [-0.05, 0) is 25.5 Å². The van der Waals surface area contributed by atoms with Crippen LogP contribution in [0.15, 0.2) is 42.5 Å². The second-order valence-electron chi connectivity index (χ2n) is 5.16. The predicted octanol–water partition coefficient (Wildman–Crippen LogP) is 3.98. The molecule has 0 spiro atoms. The Morgan fingerprint density at radius 2 is 1.86 bits per heavy atom. The molecule has 1 heterocycles. The van der Waals surface area contributed by atoms with Gasteiger partial charge in [-0.3, -0.25) is 9.78 Å². The highest BCUT2D eigenvalue weighted by atomic mass is 16.1. The van der Waals surface area contributed by atoms with E-state index in [4.69, 9.17) is 0 Å². The van der Waals surface area contributed by atoms with Crippen LogP contribution in [0.2, 0.25) is 0 Å². The summed E-state index contributed by atoms with van der Waals surface area (Å²) in [6.45, 7) is 4.76. The molecule has 0 bridgehead atoms. The Labute approximate surface area is 126 Å². The lowest BCUT2D eigenvalue weighted by Gasteiger charge is -2.09. The zero-order valence-electron chi connectivity index (χ0n) is 12.7. The first-order valence-corrected chi connectivity index (χ1v) is 7.53. The molecule has 110 valence electrons. The molecule has 0 aliphatic heterocycles. The molecule has 3 heteroatoms. The van der Waals surface area contributed by atoms with Gasteiger partial charge in [-0.15, -0.1) is 0 Å². The summed E-state index contributed by atoms with van der Waals surface area (Å²) in [6.07, 6.45) is 3.32. The number of benzene rings is 1. The minimum atomic E-state index is -0.0317. The average Bonchev–Trinajstić information content (AvgIpc) is 2.52. The Kier molecular flexibility index (Phi) is 5.50. The van der Waals surface area contributed by atoms with Gasteiger partial charge in [0.15, 0.2) is 0 Å². The molecule has 1 N–H and O–H groups in total. The molecule has 1 aromatic carbocycles. The summed E-state index contributed by atoms with van der Waals surface area (Å²) in [6, 6.07) is 13.8. The molecule has 1 aromatic heterocycles. The first-order chi connectivity index (χ1) is 10.2. The van der Waals surface area contributed by atoms with Crippen LogP contribution in [0.25, 0.3) is 11.3 Å². The van der Waals surface area contributed by atoms with Gasteiger partial charge < -0.3 is 5.32 Å². The molecular weight excluding hydrogens is 260 g/mol. The van der Waals surface area contributed by atoms with Gasteiger partial charge in [0.05, 0.1) is 17.0 Å². The molecule has 0 fully saturated rings. The van der Waals surface area contributed by atoms with Gasteiger partial charge in [0.2, 0.25) is 0 Å². The SMILES string of the molecule is CCCCCNC(=O)c1ccc(-c2ccccc2)nc1C. The fourth-order valence-corrected chi connectivity index (χ4v) is 2.24. The molecule has 21 heavy (non-hydrogen) atoms. The number of carbonyl (C=O) groups excluding carboxylic acids is 1. The molecule has 0 unspecified atom stereocenters. The molecular formula is C18H22N2O. The molecule has 2 rings (SSSR count). The summed E-state index contributed by atoms with van der Waals surface area (Å²) in [5, 5.41) is 2.95. The molecule has 1 amide bonds. The lowest BCUT2D eigenvalue weighted by Crippen LogP contribution is -2.25. The summed E-state index contributed by atoms with van der Waals surface area (Å²) in [5.41, 5.74) is 3.39. The molecule has 0 aliphatic carbocycles. The zero-order chi connectivity index (χ0) is 15.1. The fraction of sp³-hybridized carbons (Fsp3) is 0.333. The fourth-order valence-electron chi connectivity index (χ4n) is 2.24. The van der Waals surface area contributed by atoms with Crippen LogP contribution in [0.1, 0.15) is 42.2 Å². The molecule has 0 radical (unpaired) electrons. The lowest BCUT2D eigenvalue weighted by molar-refractivity contribution is 0.0952. The Morgan fingerprint density at radius 1 is 1.10 bits per heavy atom. The molecule has 0 saturated carbocycles. The van der Waals surface area contributed by atoms with Crippen LogP contribution in [0.3, 0.4) is 0 Å². The van der Waals surface area contributed by atoms with Gasteiger partial charge in [0, 0.05) is 12.1 Å². The van der Waals surface area contributed by atoms with Gasteiger partial charge in [-0.2, -0.15) is 0 Å². The number of amides is 1. The van der Waals surface area contributed by atoms with Crippen molar-refractivity contribution in [2.24, 2.45) is 0 Å². The Hall–Kier alpha value is -2.16. The summed E-state index contributed by atoms with van der Waals surface area (Å²) in [5.74, 6) is -0.0317. The molecule has 2 aromatic rings. The number of aryl methyl sites for hydroxylation is 1. The van der Waals surface area contributed by atoms with Crippen LogP contribution in [0.4, 0.5) is 0 Å². The number of pyridine rings is 1. The maximum absolute atomic E-state index is 12.1. The number of carbonyl (C=O) groups is 1. The summed E-state index contributed by atoms with van der Waals surface area (Å²) in [4.78, 5) is 16.7. The van der Waals surface area contributed by atoms with E-state index < -0.39 is 0 Å². The van der Waals surface area contributed by atoms with Crippen molar-refractivity contribution in [3.63, 3.8) is 0 Å². The van der Waals surface area contributed by atoms with E-state index in [2.05, 4.69) is 17.2 Å². The van der Waals surface area contributed by atoms with E-state index in [1.807, 2.05) is 49.4 Å². The number of unbranched alkanes of at least 4 members (excludes halogenated alkanes) is 2. The minimum Gasteiger partial charge on any atom is -0.352 e. The topological polar surface area (TPSA) is 42.0 Å². The minimum absolute atomic E-state index is 0.0317. The first kappa shape index (κ1) is 15.2. The highest BCUT2D eigenvalue weighted by Gasteiger charge is 2.10. The lowest BCUT2D eigenvalue weighted by atomic mass is 10.1. The Bertz CT molecular complexity index is 593. The van der Waals surface area contributed by atoms with E-state index in [1.165, 1.54) is 0 Å². The molecule has 0 aliphatic rings. The standard InChI is InChI=1S/C18H22N2O/c1-3-4-8-13-19-18(21)16-11-12-17(20-14(16)2)15-9-6-5-7-10-15/h5-7,9-12H,3-4,8,13H2,1-2H3,(H,19,21). The Morgan fingerprint density at radius 3 is 2.52 bits per heavy atom. The number of hydrogen-bond acceptors (Lipinski definition) is 2. The molecule has 3 nitrogen and oxygen atoms in total. The van der Waals surface area contributed by atoms with E-state index in [1.54, 1.807) is 0 Å². The van der Waals surface area contributed by atoms with Crippen molar-refractivity contribution in [3.8, 4) is 11.3 Å². The van der Waals surface area contributed by atoms with Crippen LogP contribution in [-0.2, 0) is 0 Å². The maximum Gasteiger partial charge on any atom is 0.253 e. The number of nitrogens with one attached hydrogen (secondary N) is 1. The van der Waals surface area contributed by atoms with Crippen molar-refractivity contribution in [2.45, 2.75) is 33.1 Å². The Balaban J connectivity index is 2.07. The van der Waals surface area contributed by atoms with Gasteiger partial charge in [0.1, 0.15) is 0 Å². The number of rotatable bonds is 6. The third-order valence-electron chi connectivity index (χ3n) is 3.47. The average molecular weight is 282 g/mol. The number of hydrogen-bond donors (Lipinski definition) is 1. The van der Waals surface area contributed by atoms with Gasteiger partial charge in [0.25, 0.3) is 5.91 Å². The normalized spacial score (nSPS) is 10.4. The maximum atomic E-state index is 12.1. The summed E-state index contributed by atoms with van der Waals surface area (Å²) in [7, 11) is 0.